The SMILES string of the molecule is COc1ccc(CN(Cc2ccc(OC)cc2)c2cc(N(C)c3cnc(C#N)cc3C)cc3c2ncn3C)cc1.Cc1cc(C#N)ncc1Oc1cc(N)c2ncn(C)c2c1. The number of rotatable bonds is 11. The van der Waals surface area contributed by atoms with E-state index in [1.807, 2.05) is 92.9 Å². The quantitative estimate of drug-likeness (QED) is 0.124. The van der Waals surface area contributed by atoms with E-state index in [0.29, 0.717) is 41.7 Å². The molecule has 0 unspecified atom stereocenters. The fourth-order valence-corrected chi connectivity index (χ4v) is 6.99. The summed E-state index contributed by atoms with van der Waals surface area (Å²) >= 11 is 0. The molecular weight excluding hydrogens is 767 g/mol. The number of nitriles is 2. The first-order valence-corrected chi connectivity index (χ1v) is 19.3. The molecule has 2 N–H and O–H groups in total. The van der Waals surface area contributed by atoms with Gasteiger partial charge in [-0.25, -0.2) is 19.9 Å². The third-order valence-electron chi connectivity index (χ3n) is 10.4. The van der Waals surface area contributed by atoms with Crippen molar-refractivity contribution in [3.63, 3.8) is 0 Å². The minimum absolute atomic E-state index is 0.362. The molecule has 0 aliphatic rings. The summed E-state index contributed by atoms with van der Waals surface area (Å²) in [6.07, 6.45) is 6.86. The van der Waals surface area contributed by atoms with E-state index in [0.717, 1.165) is 72.9 Å². The van der Waals surface area contributed by atoms with Crippen molar-refractivity contribution in [1.82, 2.24) is 29.1 Å². The van der Waals surface area contributed by atoms with Crippen LogP contribution in [0.25, 0.3) is 22.1 Å². The molecule has 0 radical (unpaired) electrons. The molecule has 14 nitrogen and oxygen atoms in total. The molecule has 0 spiro atoms. The molecule has 61 heavy (non-hydrogen) atoms. The van der Waals surface area contributed by atoms with Gasteiger partial charge < -0.3 is 38.9 Å². The van der Waals surface area contributed by atoms with E-state index in [-0.39, 0.29) is 0 Å². The van der Waals surface area contributed by atoms with Crippen molar-refractivity contribution in [2.24, 2.45) is 14.1 Å². The van der Waals surface area contributed by atoms with Crippen LogP contribution in [0.1, 0.15) is 33.6 Å². The highest BCUT2D eigenvalue weighted by molar-refractivity contribution is 5.94. The van der Waals surface area contributed by atoms with Gasteiger partial charge in [-0.3, -0.25) is 0 Å². The molecule has 0 saturated heterocycles. The Morgan fingerprint density at radius 2 is 1.18 bits per heavy atom. The van der Waals surface area contributed by atoms with Gasteiger partial charge in [-0.1, -0.05) is 24.3 Å². The van der Waals surface area contributed by atoms with Gasteiger partial charge in [-0.05, 0) is 84.6 Å². The number of benzene rings is 4. The molecule has 8 rings (SSSR count). The fourth-order valence-electron chi connectivity index (χ4n) is 6.99. The van der Waals surface area contributed by atoms with Crippen LogP contribution in [0.2, 0.25) is 0 Å². The van der Waals surface area contributed by atoms with Gasteiger partial charge in [0.15, 0.2) is 0 Å². The molecule has 4 aromatic heterocycles. The Bertz CT molecular complexity index is 2880. The number of aromatic nitrogens is 6. The maximum atomic E-state index is 9.28. The summed E-state index contributed by atoms with van der Waals surface area (Å²) in [6, 6.07) is 31.9. The number of nitrogen functional groups attached to an aromatic ring is 1. The molecule has 0 aliphatic heterocycles. The van der Waals surface area contributed by atoms with Crippen molar-refractivity contribution in [2.75, 3.05) is 36.8 Å². The maximum Gasteiger partial charge on any atom is 0.148 e. The summed E-state index contributed by atoms with van der Waals surface area (Å²) in [5, 5.41) is 18.1. The van der Waals surface area contributed by atoms with Gasteiger partial charge in [-0.2, -0.15) is 10.5 Å². The Balaban J connectivity index is 0.000000224. The fraction of sp³-hybridized carbons (Fsp3) is 0.191. The van der Waals surface area contributed by atoms with Gasteiger partial charge in [0.05, 0.1) is 67.4 Å². The highest BCUT2D eigenvalue weighted by Crippen LogP contribution is 2.37. The van der Waals surface area contributed by atoms with Crippen molar-refractivity contribution in [1.29, 1.82) is 10.5 Å². The molecule has 0 fully saturated rings. The topological polar surface area (TPSA) is 169 Å². The van der Waals surface area contributed by atoms with Gasteiger partial charge in [0.1, 0.15) is 57.6 Å². The number of pyridine rings is 2. The van der Waals surface area contributed by atoms with E-state index in [1.165, 1.54) is 6.20 Å². The van der Waals surface area contributed by atoms with Gasteiger partial charge in [-0.15, -0.1) is 0 Å². The Kier molecular flexibility index (Phi) is 12.0. The maximum absolute atomic E-state index is 9.28. The van der Waals surface area contributed by atoms with E-state index >= 15 is 0 Å². The number of nitrogens with two attached hydrogens (primary N) is 1. The summed E-state index contributed by atoms with van der Waals surface area (Å²) in [7, 11) is 9.28. The zero-order valence-corrected chi connectivity index (χ0v) is 35.1. The molecule has 0 amide bonds. The molecule has 4 aromatic carbocycles. The highest BCUT2D eigenvalue weighted by Gasteiger charge is 2.20. The average molecular weight is 812 g/mol. The molecule has 8 aromatic rings. The van der Waals surface area contributed by atoms with E-state index in [1.54, 1.807) is 38.9 Å². The van der Waals surface area contributed by atoms with Crippen LogP contribution in [-0.4, -0.2) is 50.3 Å². The first-order chi connectivity index (χ1) is 29.5. The van der Waals surface area contributed by atoms with Crippen LogP contribution >= 0.6 is 0 Å². The number of nitrogens with zero attached hydrogens (tertiary/aromatic N) is 10. The van der Waals surface area contributed by atoms with Crippen molar-refractivity contribution < 1.29 is 14.2 Å². The van der Waals surface area contributed by atoms with Crippen LogP contribution in [0.15, 0.2) is 110 Å². The number of anilines is 4. The largest absolute Gasteiger partial charge is 0.497 e. The van der Waals surface area contributed by atoms with Crippen LogP contribution in [0.5, 0.6) is 23.0 Å². The van der Waals surface area contributed by atoms with Crippen LogP contribution in [-0.2, 0) is 27.2 Å². The summed E-state index contributed by atoms with van der Waals surface area (Å²) < 4.78 is 20.5. The van der Waals surface area contributed by atoms with Crippen molar-refractivity contribution in [3.05, 3.63) is 144 Å². The van der Waals surface area contributed by atoms with Gasteiger partial charge in [0.25, 0.3) is 0 Å². The Hall–Kier alpha value is -8.10. The number of hydrogen-bond acceptors (Lipinski definition) is 12. The Morgan fingerprint density at radius 3 is 1.72 bits per heavy atom. The minimum Gasteiger partial charge on any atom is -0.497 e. The predicted molar refractivity (Wildman–Crippen MR) is 237 cm³/mol. The molecule has 306 valence electrons. The number of imidazole rings is 2. The number of fused-ring (bicyclic) bond motifs is 2. The first kappa shape index (κ1) is 41.1. The third kappa shape index (κ3) is 8.99. The lowest BCUT2D eigenvalue weighted by atomic mass is 10.1. The summed E-state index contributed by atoms with van der Waals surface area (Å²) in [5.41, 5.74) is 18.0. The number of hydrogen-bond donors (Lipinski definition) is 1. The van der Waals surface area contributed by atoms with Gasteiger partial charge >= 0.3 is 0 Å². The zero-order valence-electron chi connectivity index (χ0n) is 35.1. The van der Waals surface area contributed by atoms with E-state index in [9.17, 15) is 5.26 Å². The summed E-state index contributed by atoms with van der Waals surface area (Å²) in [4.78, 5) is 21.8. The van der Waals surface area contributed by atoms with E-state index < -0.39 is 0 Å². The standard InChI is InChI=1S/C32H32N6O2.C15H13N5O/c1-22-14-25(17-33)34-18-31(22)37(3)26-15-29-32(35-21-36(29)2)30(16-26)38(19-23-6-10-27(39-4)11-7-23)20-24-8-12-28(40-5)13-9-24;1-9-3-10(6-16)18-7-14(9)21-11-4-12(17)15-13(5-11)20(2)8-19-15/h6-16,18,21H,19-20H2,1-5H3;3-5,7-8H,17H2,1-2H3. The monoisotopic (exact) mass is 811 g/mol. The van der Waals surface area contributed by atoms with E-state index in [4.69, 9.17) is 30.2 Å². The second kappa shape index (κ2) is 17.8. The number of ether oxygens (including phenoxy) is 3. The minimum atomic E-state index is 0.362. The third-order valence-corrected chi connectivity index (χ3v) is 10.4. The highest BCUT2D eigenvalue weighted by atomic mass is 16.5. The van der Waals surface area contributed by atoms with Crippen LogP contribution in [0.4, 0.5) is 22.7 Å². The Morgan fingerprint density at radius 1 is 0.639 bits per heavy atom. The molecule has 14 heteroatoms. The lowest BCUT2D eigenvalue weighted by Gasteiger charge is -2.28. The van der Waals surface area contributed by atoms with Crippen molar-refractivity contribution in [2.45, 2.75) is 26.9 Å². The molecular formula is C47H45N11O3. The first-order valence-electron chi connectivity index (χ1n) is 19.3. The van der Waals surface area contributed by atoms with Gasteiger partial charge in [0.2, 0.25) is 0 Å². The second-order valence-corrected chi connectivity index (χ2v) is 14.6. The van der Waals surface area contributed by atoms with E-state index in [2.05, 4.69) is 67.2 Å². The van der Waals surface area contributed by atoms with Crippen molar-refractivity contribution in [3.8, 4) is 35.1 Å². The number of methoxy groups -OCH3 is 2. The number of aryl methyl sites for hydroxylation is 4. The normalized spacial score (nSPS) is 10.7. The molecule has 0 atom stereocenters. The van der Waals surface area contributed by atoms with Crippen LogP contribution in [0, 0.1) is 36.5 Å². The average Bonchev–Trinajstić information content (AvgIpc) is 3.85. The molecule has 0 saturated carbocycles. The van der Waals surface area contributed by atoms with Gasteiger partial charge in [0, 0.05) is 52.1 Å². The smallest absolute Gasteiger partial charge is 0.148 e. The summed E-state index contributed by atoms with van der Waals surface area (Å²) in [6.45, 7) is 5.21. The Labute approximate surface area is 354 Å². The summed E-state index contributed by atoms with van der Waals surface area (Å²) in [5.74, 6) is 2.85. The zero-order chi connectivity index (χ0) is 43.2. The predicted octanol–water partition coefficient (Wildman–Crippen LogP) is 8.66. The second-order valence-electron chi connectivity index (χ2n) is 14.6. The van der Waals surface area contributed by atoms with Crippen LogP contribution < -0.4 is 29.7 Å². The van der Waals surface area contributed by atoms with Crippen LogP contribution in [0.3, 0.4) is 0 Å². The molecule has 0 bridgehead atoms. The lowest BCUT2D eigenvalue weighted by Crippen LogP contribution is -2.23. The van der Waals surface area contributed by atoms with Crippen molar-refractivity contribution >= 4 is 44.8 Å². The molecule has 4 heterocycles. The lowest BCUT2D eigenvalue weighted by molar-refractivity contribution is 0.414. The molecule has 0 aliphatic carbocycles.